The van der Waals surface area contributed by atoms with Gasteiger partial charge in [0.2, 0.25) is 10.0 Å². The number of amides is 1. The number of phenolic OH excluding ortho intramolecular Hbond substituents is 1. The molecule has 0 aromatic heterocycles. The third kappa shape index (κ3) is 6.88. The van der Waals surface area contributed by atoms with Crippen LogP contribution in [-0.2, 0) is 19.6 Å². The van der Waals surface area contributed by atoms with Gasteiger partial charge in [0, 0.05) is 12.1 Å². The lowest BCUT2D eigenvalue weighted by atomic mass is 10.2. The minimum absolute atomic E-state index is 0.00352. The summed E-state index contributed by atoms with van der Waals surface area (Å²) in [6.45, 7) is 4.65. The zero-order chi connectivity index (χ0) is 21.7. The van der Waals surface area contributed by atoms with Crippen molar-refractivity contribution in [1.29, 1.82) is 0 Å². The zero-order valence-corrected chi connectivity index (χ0v) is 17.2. The molecule has 8 nitrogen and oxygen atoms in total. The third-order valence-electron chi connectivity index (χ3n) is 3.64. The maximum atomic E-state index is 12.6. The Morgan fingerprint density at radius 3 is 2.17 bits per heavy atom. The minimum Gasteiger partial charge on any atom is -0.508 e. The summed E-state index contributed by atoms with van der Waals surface area (Å²) in [7, 11) is -4.01. The predicted molar refractivity (Wildman–Crippen MR) is 107 cm³/mol. The van der Waals surface area contributed by atoms with E-state index in [4.69, 9.17) is 4.74 Å². The Kier molecular flexibility index (Phi) is 6.99. The van der Waals surface area contributed by atoms with Crippen molar-refractivity contribution < 1.29 is 27.9 Å². The first kappa shape index (κ1) is 22.4. The molecule has 156 valence electrons. The SMILES string of the molecule is CC(C)(C)OC(=O)[C@H](CNC(=O)c1ccc(O)cc1)NS(=O)(=O)c1ccccc1. The highest BCUT2D eigenvalue weighted by molar-refractivity contribution is 7.89. The Bertz CT molecular complexity index is 951. The number of aromatic hydroxyl groups is 1. The third-order valence-corrected chi connectivity index (χ3v) is 5.13. The van der Waals surface area contributed by atoms with E-state index in [0.29, 0.717) is 0 Å². The van der Waals surface area contributed by atoms with Crippen LogP contribution in [0.4, 0.5) is 0 Å². The second-order valence-electron chi connectivity index (χ2n) is 7.28. The van der Waals surface area contributed by atoms with Crippen LogP contribution < -0.4 is 10.0 Å². The number of esters is 1. The number of ether oxygens (including phenoxy) is 1. The van der Waals surface area contributed by atoms with E-state index in [1.54, 1.807) is 39.0 Å². The molecule has 29 heavy (non-hydrogen) atoms. The Morgan fingerprint density at radius 2 is 1.62 bits per heavy atom. The Labute approximate surface area is 169 Å². The van der Waals surface area contributed by atoms with Gasteiger partial charge in [0.05, 0.1) is 4.90 Å². The van der Waals surface area contributed by atoms with Gasteiger partial charge < -0.3 is 15.2 Å². The molecule has 9 heteroatoms. The first-order valence-electron chi connectivity index (χ1n) is 8.85. The average molecular weight is 420 g/mol. The number of hydrogen-bond acceptors (Lipinski definition) is 6. The number of carbonyl (C=O) groups excluding carboxylic acids is 2. The molecule has 0 bridgehead atoms. The van der Waals surface area contributed by atoms with Crippen LogP contribution in [-0.4, -0.2) is 43.6 Å². The summed E-state index contributed by atoms with van der Waals surface area (Å²) in [6.07, 6.45) is 0. The molecule has 0 saturated heterocycles. The zero-order valence-electron chi connectivity index (χ0n) is 16.4. The fourth-order valence-electron chi connectivity index (χ4n) is 2.31. The highest BCUT2D eigenvalue weighted by atomic mass is 32.2. The molecule has 1 atom stereocenters. The summed E-state index contributed by atoms with van der Waals surface area (Å²) in [5.41, 5.74) is -0.592. The molecule has 0 aliphatic rings. The molecule has 0 spiro atoms. The normalized spacial score (nSPS) is 12.8. The lowest BCUT2D eigenvalue weighted by molar-refractivity contribution is -0.156. The number of nitrogens with one attached hydrogen (secondary N) is 2. The molecular formula is C20H24N2O6S. The summed E-state index contributed by atoms with van der Waals surface area (Å²) in [5.74, 6) is -1.34. The van der Waals surface area contributed by atoms with Crippen LogP contribution in [0.3, 0.4) is 0 Å². The van der Waals surface area contributed by atoms with Crippen LogP contribution in [0.25, 0.3) is 0 Å². The van der Waals surface area contributed by atoms with Crippen molar-refractivity contribution in [2.75, 3.05) is 6.54 Å². The van der Waals surface area contributed by atoms with E-state index in [1.807, 2.05) is 0 Å². The first-order valence-corrected chi connectivity index (χ1v) is 10.3. The summed E-state index contributed by atoms with van der Waals surface area (Å²) in [4.78, 5) is 24.8. The summed E-state index contributed by atoms with van der Waals surface area (Å²) in [6, 6.07) is 11.7. The lowest BCUT2D eigenvalue weighted by Crippen LogP contribution is -2.50. The van der Waals surface area contributed by atoms with Crippen LogP contribution in [0, 0.1) is 0 Å². The maximum absolute atomic E-state index is 12.6. The van der Waals surface area contributed by atoms with Crippen LogP contribution in [0.5, 0.6) is 5.75 Å². The van der Waals surface area contributed by atoms with Crippen LogP contribution >= 0.6 is 0 Å². The van der Waals surface area contributed by atoms with Gasteiger partial charge in [0.15, 0.2) is 0 Å². The van der Waals surface area contributed by atoms with Gasteiger partial charge in [-0.2, -0.15) is 4.72 Å². The smallest absolute Gasteiger partial charge is 0.326 e. The van der Waals surface area contributed by atoms with Gasteiger partial charge in [-0.05, 0) is 57.2 Å². The monoisotopic (exact) mass is 420 g/mol. The largest absolute Gasteiger partial charge is 0.508 e. The molecule has 2 rings (SSSR count). The van der Waals surface area contributed by atoms with Crippen molar-refractivity contribution in [2.45, 2.75) is 37.3 Å². The van der Waals surface area contributed by atoms with E-state index in [2.05, 4.69) is 10.0 Å². The van der Waals surface area contributed by atoms with Crippen molar-refractivity contribution >= 4 is 21.9 Å². The summed E-state index contributed by atoms with van der Waals surface area (Å²) >= 11 is 0. The number of hydrogen-bond donors (Lipinski definition) is 3. The number of benzene rings is 2. The lowest BCUT2D eigenvalue weighted by Gasteiger charge is -2.24. The molecule has 2 aromatic carbocycles. The topological polar surface area (TPSA) is 122 Å². The molecule has 3 N–H and O–H groups in total. The summed E-state index contributed by atoms with van der Waals surface area (Å²) in [5, 5.41) is 11.8. The predicted octanol–water partition coefficient (Wildman–Crippen LogP) is 1.81. The van der Waals surface area contributed by atoms with Gasteiger partial charge in [0.25, 0.3) is 5.91 Å². The van der Waals surface area contributed by atoms with E-state index in [9.17, 15) is 23.1 Å². The van der Waals surface area contributed by atoms with E-state index in [1.165, 1.54) is 36.4 Å². The first-order chi connectivity index (χ1) is 13.5. The van der Waals surface area contributed by atoms with Crippen molar-refractivity contribution in [2.24, 2.45) is 0 Å². The second kappa shape index (κ2) is 9.06. The number of rotatable bonds is 7. The molecule has 1 amide bonds. The van der Waals surface area contributed by atoms with Crippen LogP contribution in [0.1, 0.15) is 31.1 Å². The summed E-state index contributed by atoms with van der Waals surface area (Å²) < 4.78 is 32.8. The number of carbonyl (C=O) groups is 2. The van der Waals surface area contributed by atoms with Gasteiger partial charge in [0.1, 0.15) is 17.4 Å². The van der Waals surface area contributed by atoms with E-state index in [0.717, 1.165) is 0 Å². The fourth-order valence-corrected chi connectivity index (χ4v) is 3.52. The Balaban J connectivity index is 2.17. The molecule has 2 aromatic rings. The fraction of sp³-hybridized carbons (Fsp3) is 0.300. The van der Waals surface area contributed by atoms with Crippen LogP contribution in [0.2, 0.25) is 0 Å². The van der Waals surface area contributed by atoms with Crippen molar-refractivity contribution in [1.82, 2.24) is 10.0 Å². The molecule has 0 saturated carbocycles. The molecule has 0 aliphatic carbocycles. The van der Waals surface area contributed by atoms with E-state index < -0.39 is 33.5 Å². The quantitative estimate of drug-likeness (QED) is 0.587. The number of phenols is 1. The molecular weight excluding hydrogens is 396 g/mol. The standard InChI is InChI=1S/C20H24N2O6S/c1-20(2,3)28-19(25)17(22-29(26,27)16-7-5-4-6-8-16)13-21-18(24)14-9-11-15(23)12-10-14/h4-12,17,22-23H,13H2,1-3H3,(H,21,24)/t17-/m0/s1. The average Bonchev–Trinajstić information content (AvgIpc) is 2.64. The van der Waals surface area contributed by atoms with Crippen molar-refractivity contribution in [3.05, 3.63) is 60.2 Å². The van der Waals surface area contributed by atoms with Gasteiger partial charge in [-0.15, -0.1) is 0 Å². The van der Waals surface area contributed by atoms with Crippen molar-refractivity contribution in [3.8, 4) is 5.75 Å². The van der Waals surface area contributed by atoms with Crippen LogP contribution in [0.15, 0.2) is 59.5 Å². The molecule has 0 unspecified atom stereocenters. The maximum Gasteiger partial charge on any atom is 0.326 e. The van der Waals surface area contributed by atoms with E-state index in [-0.39, 0.29) is 22.8 Å². The molecule has 0 heterocycles. The highest BCUT2D eigenvalue weighted by Gasteiger charge is 2.30. The van der Waals surface area contributed by atoms with Gasteiger partial charge >= 0.3 is 5.97 Å². The highest BCUT2D eigenvalue weighted by Crippen LogP contribution is 2.13. The molecule has 0 radical (unpaired) electrons. The minimum atomic E-state index is -4.01. The van der Waals surface area contributed by atoms with Crippen molar-refractivity contribution in [3.63, 3.8) is 0 Å². The number of sulfonamides is 1. The van der Waals surface area contributed by atoms with Gasteiger partial charge in [-0.3, -0.25) is 9.59 Å². The molecule has 0 aliphatic heterocycles. The molecule has 0 fully saturated rings. The Morgan fingerprint density at radius 1 is 1.03 bits per heavy atom. The second-order valence-corrected chi connectivity index (χ2v) is 8.99. The van der Waals surface area contributed by atoms with E-state index >= 15 is 0 Å². The Hall–Kier alpha value is -2.91. The van der Waals surface area contributed by atoms with Gasteiger partial charge in [-0.25, -0.2) is 8.42 Å². The van der Waals surface area contributed by atoms with Gasteiger partial charge in [-0.1, -0.05) is 18.2 Å².